The van der Waals surface area contributed by atoms with E-state index in [9.17, 15) is 4.79 Å². The van der Waals surface area contributed by atoms with Crippen molar-refractivity contribution in [2.45, 2.75) is 25.8 Å². The molecule has 0 bridgehead atoms. The lowest BCUT2D eigenvalue weighted by Gasteiger charge is -2.21. The zero-order valence-corrected chi connectivity index (χ0v) is 16.9. The van der Waals surface area contributed by atoms with Crippen LogP contribution in [0, 0.1) is 11.8 Å². The van der Waals surface area contributed by atoms with E-state index in [0.717, 1.165) is 31.2 Å². The number of rotatable bonds is 7. The van der Waals surface area contributed by atoms with Gasteiger partial charge >= 0.3 is 0 Å². The first-order valence-electron chi connectivity index (χ1n) is 10.6. The Labute approximate surface area is 170 Å². The molecule has 2 fully saturated rings. The van der Waals surface area contributed by atoms with Crippen molar-refractivity contribution >= 4 is 11.0 Å². The van der Waals surface area contributed by atoms with Crippen molar-refractivity contribution in [1.29, 1.82) is 0 Å². The number of nitrogens with one attached hydrogen (secondary N) is 1. The quantitative estimate of drug-likeness (QED) is 0.668. The second kappa shape index (κ2) is 7.72. The van der Waals surface area contributed by atoms with Crippen molar-refractivity contribution in [2.75, 3.05) is 33.2 Å². The van der Waals surface area contributed by atoms with E-state index in [1.165, 1.54) is 25.8 Å². The van der Waals surface area contributed by atoms with Crippen LogP contribution in [-0.2, 0) is 6.54 Å². The van der Waals surface area contributed by atoms with E-state index in [4.69, 9.17) is 4.98 Å². The van der Waals surface area contributed by atoms with Gasteiger partial charge in [-0.05, 0) is 56.8 Å². The molecule has 2 aromatic heterocycles. The van der Waals surface area contributed by atoms with Crippen molar-refractivity contribution in [3.8, 4) is 5.69 Å². The smallest absolute Gasteiger partial charge is 0.262 e. The summed E-state index contributed by atoms with van der Waals surface area (Å²) in [6.45, 7) is 5.20. The van der Waals surface area contributed by atoms with Gasteiger partial charge in [-0.3, -0.25) is 9.69 Å². The molecule has 1 atom stereocenters. The maximum absolute atomic E-state index is 12.6. The average Bonchev–Trinajstić information content (AvgIpc) is 3.24. The summed E-state index contributed by atoms with van der Waals surface area (Å²) in [6.07, 6.45) is 5.62. The van der Waals surface area contributed by atoms with Gasteiger partial charge in [-0.1, -0.05) is 18.2 Å². The number of hydrogen-bond donors (Lipinski definition) is 1. The minimum Gasteiger partial charge on any atom is -0.309 e. The normalized spacial score (nSPS) is 20.1. The van der Waals surface area contributed by atoms with E-state index in [1.54, 1.807) is 10.9 Å². The number of fused-ring (bicyclic) bond motifs is 1. The van der Waals surface area contributed by atoms with Crippen LogP contribution in [0.2, 0.25) is 0 Å². The fourth-order valence-electron chi connectivity index (χ4n) is 4.47. The van der Waals surface area contributed by atoms with Crippen LogP contribution in [0.4, 0.5) is 0 Å². The molecule has 0 amide bonds. The van der Waals surface area contributed by atoms with E-state index in [-0.39, 0.29) is 5.56 Å². The number of nitrogens with zero attached hydrogens (tertiary/aromatic N) is 5. The molecule has 1 unspecified atom stereocenters. The summed E-state index contributed by atoms with van der Waals surface area (Å²) in [5.74, 6) is 2.35. The molecule has 152 valence electrons. The van der Waals surface area contributed by atoms with Crippen molar-refractivity contribution in [2.24, 2.45) is 11.8 Å². The summed E-state index contributed by atoms with van der Waals surface area (Å²) in [7, 11) is 2.25. The molecule has 3 aromatic rings. The maximum Gasteiger partial charge on any atom is 0.262 e. The van der Waals surface area contributed by atoms with Crippen LogP contribution in [0.25, 0.3) is 16.7 Å². The third kappa shape index (κ3) is 4.11. The number of para-hydroxylation sites is 1. The summed E-state index contributed by atoms with van der Waals surface area (Å²) < 4.78 is 1.74. The molecule has 0 radical (unpaired) electrons. The van der Waals surface area contributed by atoms with Gasteiger partial charge in [0.15, 0.2) is 5.65 Å². The monoisotopic (exact) mass is 392 g/mol. The number of H-pyrrole nitrogens is 1. The molecule has 1 saturated carbocycles. The predicted molar refractivity (Wildman–Crippen MR) is 113 cm³/mol. The van der Waals surface area contributed by atoms with Crippen LogP contribution in [0.3, 0.4) is 0 Å². The minimum absolute atomic E-state index is 0.118. The lowest BCUT2D eigenvalue weighted by molar-refractivity contribution is 0.251. The van der Waals surface area contributed by atoms with Gasteiger partial charge in [-0.25, -0.2) is 9.67 Å². The van der Waals surface area contributed by atoms with Gasteiger partial charge in [0.05, 0.1) is 18.4 Å². The first-order chi connectivity index (χ1) is 14.2. The van der Waals surface area contributed by atoms with Crippen LogP contribution in [0.1, 0.15) is 25.1 Å². The predicted octanol–water partition coefficient (Wildman–Crippen LogP) is 2.27. The van der Waals surface area contributed by atoms with Crippen molar-refractivity contribution in [1.82, 2.24) is 29.5 Å². The molecule has 1 saturated heterocycles. The Kier molecular flexibility index (Phi) is 4.93. The van der Waals surface area contributed by atoms with Crippen molar-refractivity contribution in [3.63, 3.8) is 0 Å². The largest absolute Gasteiger partial charge is 0.309 e. The van der Waals surface area contributed by atoms with E-state index >= 15 is 0 Å². The third-order valence-electron chi connectivity index (χ3n) is 6.07. The first-order valence-corrected chi connectivity index (χ1v) is 10.6. The maximum atomic E-state index is 12.6. The number of aromatic nitrogens is 4. The highest BCUT2D eigenvalue weighted by atomic mass is 16.1. The van der Waals surface area contributed by atoms with Gasteiger partial charge < -0.3 is 9.88 Å². The van der Waals surface area contributed by atoms with E-state index in [1.807, 2.05) is 30.3 Å². The summed E-state index contributed by atoms with van der Waals surface area (Å²) in [5, 5.41) is 4.91. The zero-order chi connectivity index (χ0) is 19.8. The summed E-state index contributed by atoms with van der Waals surface area (Å²) in [6, 6.07) is 9.83. The highest BCUT2D eigenvalue weighted by molar-refractivity contribution is 5.75. The summed E-state index contributed by atoms with van der Waals surface area (Å²) in [5.41, 5.74) is 1.41. The van der Waals surface area contributed by atoms with Crippen LogP contribution in [0.15, 0.2) is 41.3 Å². The zero-order valence-electron chi connectivity index (χ0n) is 16.9. The van der Waals surface area contributed by atoms with Gasteiger partial charge in [0.1, 0.15) is 11.2 Å². The van der Waals surface area contributed by atoms with E-state index in [0.29, 0.717) is 29.3 Å². The van der Waals surface area contributed by atoms with E-state index in [2.05, 4.69) is 26.9 Å². The highest BCUT2D eigenvalue weighted by Crippen LogP contribution is 2.30. The first kappa shape index (κ1) is 18.5. The van der Waals surface area contributed by atoms with E-state index < -0.39 is 0 Å². The second-order valence-corrected chi connectivity index (χ2v) is 8.70. The second-order valence-electron chi connectivity index (χ2n) is 8.70. The Bertz CT molecular complexity index is 1040. The molecule has 7 nitrogen and oxygen atoms in total. The van der Waals surface area contributed by atoms with Gasteiger partial charge in [-0.2, -0.15) is 5.10 Å². The van der Waals surface area contributed by atoms with Gasteiger partial charge in [-0.15, -0.1) is 0 Å². The molecule has 0 spiro atoms. The van der Waals surface area contributed by atoms with Gasteiger partial charge in [0.25, 0.3) is 5.56 Å². The molecule has 7 heteroatoms. The summed E-state index contributed by atoms with van der Waals surface area (Å²) in [4.78, 5) is 25.2. The molecule has 29 heavy (non-hydrogen) atoms. The van der Waals surface area contributed by atoms with Crippen LogP contribution >= 0.6 is 0 Å². The Balaban J connectivity index is 1.30. The fraction of sp³-hybridized carbons (Fsp3) is 0.500. The number of likely N-dealkylation sites (tertiary alicyclic amines) is 1. The highest BCUT2D eigenvalue weighted by Gasteiger charge is 2.27. The topological polar surface area (TPSA) is 70.1 Å². The van der Waals surface area contributed by atoms with Gasteiger partial charge in [0.2, 0.25) is 0 Å². The lowest BCUT2D eigenvalue weighted by Crippen LogP contribution is -2.30. The molecule has 1 N–H and O–H groups in total. The molecule has 1 aromatic carbocycles. The Morgan fingerprint density at radius 1 is 1.14 bits per heavy atom. The van der Waals surface area contributed by atoms with Crippen LogP contribution in [0.5, 0.6) is 0 Å². The molecule has 5 rings (SSSR count). The number of aromatic amines is 1. The SMILES string of the molecule is CN(CC1CC1)CC1CCN(Cc2nc3c(cnn3-c3ccccc3)c(=O)[nH]2)C1. The standard InChI is InChI=1S/C22H28N6O/c1-26(12-16-7-8-16)13-17-9-10-27(14-17)15-20-24-21-19(22(29)25-20)11-23-28(21)18-5-3-2-4-6-18/h2-6,11,16-17H,7-10,12-15H2,1H3,(H,24,25,29). The Morgan fingerprint density at radius 3 is 2.72 bits per heavy atom. The fourth-order valence-corrected chi connectivity index (χ4v) is 4.47. The van der Waals surface area contributed by atoms with Gasteiger partial charge in [0, 0.05) is 19.6 Å². The summed E-state index contributed by atoms with van der Waals surface area (Å²) >= 11 is 0. The van der Waals surface area contributed by atoms with Crippen molar-refractivity contribution < 1.29 is 0 Å². The van der Waals surface area contributed by atoms with Crippen LogP contribution in [-0.4, -0.2) is 62.8 Å². The number of benzene rings is 1. The average molecular weight is 393 g/mol. The molecular weight excluding hydrogens is 364 g/mol. The molecule has 3 heterocycles. The number of hydrogen-bond acceptors (Lipinski definition) is 5. The molecule has 2 aliphatic rings. The lowest BCUT2D eigenvalue weighted by atomic mass is 10.1. The third-order valence-corrected chi connectivity index (χ3v) is 6.07. The molecule has 1 aliphatic heterocycles. The Morgan fingerprint density at radius 2 is 1.93 bits per heavy atom. The Hall–Kier alpha value is -2.51. The van der Waals surface area contributed by atoms with Crippen molar-refractivity contribution in [3.05, 3.63) is 52.7 Å². The molecule has 1 aliphatic carbocycles. The molecular formula is C22H28N6O. The van der Waals surface area contributed by atoms with Crippen LogP contribution < -0.4 is 5.56 Å². The minimum atomic E-state index is -0.118.